The molecule has 2 N–H and O–H groups in total. The van der Waals surface area contributed by atoms with E-state index in [2.05, 4.69) is 35.8 Å². The summed E-state index contributed by atoms with van der Waals surface area (Å²) in [6, 6.07) is 15.7. The van der Waals surface area contributed by atoms with E-state index < -0.39 is 18.0 Å². The number of aryl methyl sites for hydroxylation is 2. The molecule has 14 heteroatoms. The van der Waals surface area contributed by atoms with Gasteiger partial charge in [0.15, 0.2) is 5.82 Å². The van der Waals surface area contributed by atoms with Crippen LogP contribution in [0, 0.1) is 0 Å². The normalized spacial score (nSPS) is 11.2. The van der Waals surface area contributed by atoms with Gasteiger partial charge in [0.25, 0.3) is 0 Å². The summed E-state index contributed by atoms with van der Waals surface area (Å²) in [7, 11) is 0. The molecule has 9 nitrogen and oxygen atoms in total. The Balaban J connectivity index is 1.16. The Kier molecular flexibility index (Phi) is 10.2. The van der Waals surface area contributed by atoms with E-state index in [1.165, 1.54) is 23.5 Å². The van der Waals surface area contributed by atoms with Crippen LogP contribution in [-0.4, -0.2) is 38.6 Å². The molecule has 0 aliphatic heterocycles. The fourth-order valence-corrected chi connectivity index (χ4v) is 4.78. The Labute approximate surface area is 242 Å². The molecule has 41 heavy (non-hydrogen) atoms. The maximum atomic E-state index is 12.4. The third-order valence-electron chi connectivity index (χ3n) is 5.52. The van der Waals surface area contributed by atoms with E-state index in [1.807, 2.05) is 6.07 Å². The van der Waals surface area contributed by atoms with Gasteiger partial charge in [-0.05, 0) is 66.8 Å². The van der Waals surface area contributed by atoms with Crippen LogP contribution in [0.25, 0.3) is 0 Å². The zero-order chi connectivity index (χ0) is 29.2. The number of nitrogens with one attached hydrogen (secondary N) is 2. The van der Waals surface area contributed by atoms with Crippen molar-refractivity contribution in [2.45, 2.75) is 44.9 Å². The number of unbranched alkanes of at least 4 members (excludes halogenated alkanes) is 1. The third-order valence-corrected chi connectivity index (χ3v) is 6.66. The molecule has 2 aromatic heterocycles. The van der Waals surface area contributed by atoms with Gasteiger partial charge in [0.05, 0.1) is 18.5 Å². The van der Waals surface area contributed by atoms with Crippen molar-refractivity contribution in [2.75, 3.05) is 10.6 Å². The van der Waals surface area contributed by atoms with Crippen LogP contribution in [0.2, 0.25) is 5.02 Å². The molecule has 0 aliphatic rings. The van der Waals surface area contributed by atoms with Crippen LogP contribution < -0.4 is 15.4 Å². The number of amides is 2. The topological polar surface area (TPSA) is 119 Å². The zero-order valence-corrected chi connectivity index (χ0v) is 23.0. The van der Waals surface area contributed by atoms with Crippen molar-refractivity contribution in [2.24, 2.45) is 0 Å². The lowest BCUT2D eigenvalue weighted by atomic mass is 10.1. The van der Waals surface area contributed by atoms with Crippen LogP contribution in [0.3, 0.4) is 0 Å². The van der Waals surface area contributed by atoms with Gasteiger partial charge in [0.2, 0.25) is 16.9 Å². The fraction of sp³-hybridized carbons (Fsp3) is 0.259. The average molecular weight is 605 g/mol. The van der Waals surface area contributed by atoms with Gasteiger partial charge in [-0.3, -0.25) is 9.59 Å². The van der Waals surface area contributed by atoms with Crippen molar-refractivity contribution in [1.29, 1.82) is 0 Å². The van der Waals surface area contributed by atoms with E-state index in [0.717, 1.165) is 41.2 Å². The first-order valence-electron chi connectivity index (χ1n) is 12.4. The standard InChI is InChI=1S/C27H24ClF3N6O3S/c28-19-7-3-5-17(13-19)15-24(39)33-26-37-36-25(41-26)10-2-1-8-20-11-12-22(35-34-20)32-23(38)16-18-6-4-9-21(14-18)40-27(29,30)31/h3-7,9,11-14H,1-2,8,10,15-16H2,(H,32,35,38)(H,33,37,39). The maximum Gasteiger partial charge on any atom is 0.573 e. The van der Waals surface area contributed by atoms with Crippen LogP contribution in [-0.2, 0) is 35.3 Å². The maximum absolute atomic E-state index is 12.4. The molecular formula is C27H24ClF3N6O3S. The first kappa shape index (κ1) is 29.9. The Bertz CT molecular complexity index is 1480. The molecule has 2 heterocycles. The van der Waals surface area contributed by atoms with Crippen LogP contribution >= 0.6 is 22.9 Å². The highest BCUT2D eigenvalue weighted by Gasteiger charge is 2.31. The summed E-state index contributed by atoms with van der Waals surface area (Å²) in [4.78, 5) is 24.5. The molecular weight excluding hydrogens is 581 g/mol. The number of nitrogens with zero attached hydrogens (tertiary/aromatic N) is 4. The number of ether oxygens (including phenoxy) is 1. The fourth-order valence-electron chi connectivity index (χ4n) is 3.77. The number of halogens is 4. The highest BCUT2D eigenvalue weighted by Crippen LogP contribution is 2.24. The number of hydrogen-bond acceptors (Lipinski definition) is 8. The van der Waals surface area contributed by atoms with E-state index in [0.29, 0.717) is 28.6 Å². The SMILES string of the molecule is O=C(Cc1cccc(OC(F)(F)F)c1)Nc1ccc(CCCCc2nnc(NC(=O)Cc3cccc(Cl)c3)s2)nn1. The van der Waals surface area contributed by atoms with Crippen molar-refractivity contribution in [3.8, 4) is 5.75 Å². The summed E-state index contributed by atoms with van der Waals surface area (Å²) in [5.74, 6) is -0.804. The number of rotatable bonds is 12. The van der Waals surface area contributed by atoms with E-state index in [9.17, 15) is 22.8 Å². The van der Waals surface area contributed by atoms with Crippen LogP contribution in [0.4, 0.5) is 24.1 Å². The molecule has 0 spiro atoms. The van der Waals surface area contributed by atoms with Gasteiger partial charge >= 0.3 is 6.36 Å². The second-order valence-corrected chi connectivity index (χ2v) is 10.4. The number of benzene rings is 2. The van der Waals surface area contributed by atoms with Crippen LogP contribution in [0.5, 0.6) is 5.75 Å². The average Bonchev–Trinajstić information content (AvgIpc) is 3.33. The number of carbonyl (C=O) groups is 2. The second kappa shape index (κ2) is 14.0. The molecule has 2 aromatic carbocycles. The summed E-state index contributed by atoms with van der Waals surface area (Å²) in [5, 5.41) is 23.5. The number of carbonyl (C=O) groups excluding carboxylic acids is 2. The molecule has 0 saturated heterocycles. The predicted octanol–water partition coefficient (Wildman–Crippen LogP) is 5.81. The minimum atomic E-state index is -4.81. The molecule has 0 aliphatic carbocycles. The monoisotopic (exact) mass is 604 g/mol. The third kappa shape index (κ3) is 10.4. The molecule has 0 fully saturated rings. The molecule has 4 aromatic rings. The summed E-state index contributed by atoms with van der Waals surface area (Å²) in [6.07, 6.45) is -1.79. The Morgan fingerprint density at radius 3 is 2.24 bits per heavy atom. The lowest BCUT2D eigenvalue weighted by Crippen LogP contribution is -2.18. The zero-order valence-electron chi connectivity index (χ0n) is 21.4. The van der Waals surface area contributed by atoms with Crippen molar-refractivity contribution in [3.05, 3.63) is 87.5 Å². The summed E-state index contributed by atoms with van der Waals surface area (Å²) in [6.45, 7) is 0. The molecule has 0 radical (unpaired) electrons. The minimum absolute atomic E-state index is 0.155. The predicted molar refractivity (Wildman–Crippen MR) is 148 cm³/mol. The lowest BCUT2D eigenvalue weighted by molar-refractivity contribution is -0.274. The Hall–Kier alpha value is -4.10. The van der Waals surface area contributed by atoms with Gasteiger partial charge < -0.3 is 15.4 Å². The molecule has 0 atom stereocenters. The van der Waals surface area contributed by atoms with Gasteiger partial charge in [0.1, 0.15) is 10.8 Å². The molecule has 0 saturated carbocycles. The van der Waals surface area contributed by atoms with Gasteiger partial charge in [-0.15, -0.1) is 28.5 Å². The first-order chi connectivity index (χ1) is 19.6. The summed E-state index contributed by atoms with van der Waals surface area (Å²) >= 11 is 7.28. The number of aromatic nitrogens is 4. The van der Waals surface area contributed by atoms with E-state index in [1.54, 1.807) is 30.3 Å². The van der Waals surface area contributed by atoms with Crippen molar-refractivity contribution in [1.82, 2.24) is 20.4 Å². The molecule has 0 bridgehead atoms. The number of alkyl halides is 3. The lowest BCUT2D eigenvalue weighted by Gasteiger charge is -2.10. The van der Waals surface area contributed by atoms with E-state index in [-0.39, 0.29) is 24.6 Å². The summed E-state index contributed by atoms with van der Waals surface area (Å²) < 4.78 is 41.1. The molecule has 2 amide bonds. The number of hydrogen-bond donors (Lipinski definition) is 2. The Morgan fingerprint density at radius 1 is 0.829 bits per heavy atom. The van der Waals surface area contributed by atoms with Crippen LogP contribution in [0.1, 0.15) is 34.7 Å². The van der Waals surface area contributed by atoms with Gasteiger partial charge in [-0.1, -0.05) is 47.2 Å². The van der Waals surface area contributed by atoms with E-state index >= 15 is 0 Å². The van der Waals surface area contributed by atoms with Crippen molar-refractivity contribution in [3.63, 3.8) is 0 Å². The second-order valence-electron chi connectivity index (χ2n) is 8.89. The highest BCUT2D eigenvalue weighted by molar-refractivity contribution is 7.15. The van der Waals surface area contributed by atoms with Crippen molar-refractivity contribution < 1.29 is 27.5 Å². The largest absolute Gasteiger partial charge is 0.573 e. The van der Waals surface area contributed by atoms with Crippen molar-refractivity contribution >= 4 is 45.7 Å². The minimum Gasteiger partial charge on any atom is -0.406 e. The summed E-state index contributed by atoms with van der Waals surface area (Å²) in [5.41, 5.74) is 1.91. The first-order valence-corrected chi connectivity index (χ1v) is 13.6. The van der Waals surface area contributed by atoms with E-state index in [4.69, 9.17) is 11.6 Å². The molecule has 4 rings (SSSR count). The quantitative estimate of drug-likeness (QED) is 0.196. The molecule has 214 valence electrons. The van der Waals surface area contributed by atoms with Crippen LogP contribution in [0.15, 0.2) is 60.7 Å². The smallest absolute Gasteiger partial charge is 0.406 e. The highest BCUT2D eigenvalue weighted by atomic mass is 35.5. The number of anilines is 2. The van der Waals surface area contributed by atoms with Gasteiger partial charge in [-0.25, -0.2) is 0 Å². The Morgan fingerprint density at radius 2 is 1.54 bits per heavy atom. The van der Waals surface area contributed by atoms with Gasteiger partial charge in [0, 0.05) is 11.4 Å². The molecule has 0 unspecified atom stereocenters. The van der Waals surface area contributed by atoms with Gasteiger partial charge in [-0.2, -0.15) is 5.10 Å².